The summed E-state index contributed by atoms with van der Waals surface area (Å²) >= 11 is 0. The minimum absolute atomic E-state index is 0.0291. The monoisotopic (exact) mass is 1820 g/mol. The lowest BCUT2D eigenvalue weighted by atomic mass is 9.88. The van der Waals surface area contributed by atoms with Gasteiger partial charge in [-0.05, 0) is 12.8 Å². The van der Waals surface area contributed by atoms with E-state index in [0.29, 0.717) is 66.1 Å². The van der Waals surface area contributed by atoms with Crippen LogP contribution >= 0.6 is 0 Å². The van der Waals surface area contributed by atoms with Crippen molar-refractivity contribution in [3.8, 4) is 0 Å². The van der Waals surface area contributed by atoms with E-state index in [9.17, 15) is 67.1 Å². The van der Waals surface area contributed by atoms with E-state index in [-0.39, 0.29) is 171 Å². The Hall–Kier alpha value is -8.14. The van der Waals surface area contributed by atoms with E-state index in [1.54, 1.807) is 20.8 Å². The molecule has 3 fully saturated rings. The maximum absolute atomic E-state index is 14.1. The van der Waals surface area contributed by atoms with Crippen LogP contribution in [0.15, 0.2) is 0 Å². The number of nitrogens with one attached hydrogen (secondary N) is 8. The van der Waals surface area contributed by atoms with Crippen LogP contribution in [0.2, 0.25) is 0 Å². The summed E-state index contributed by atoms with van der Waals surface area (Å²) in [4.78, 5) is 178. The molecule has 0 spiro atoms. The molecule has 0 aromatic rings. The molecule has 3 heterocycles. The number of ether oxygens (including phenoxy) is 23. The second-order valence-electron chi connectivity index (χ2n) is 29.1. The van der Waals surface area contributed by atoms with Gasteiger partial charge in [0.1, 0.15) is 68.5 Å². The predicted octanol–water partition coefficient (Wildman–Crippen LogP) is -3.44. The van der Waals surface area contributed by atoms with Crippen LogP contribution in [0, 0.1) is 17.8 Å². The largest absolute Gasteiger partial charge is 0.463 e. The first-order valence-corrected chi connectivity index (χ1v) is 42.2. The topological polar surface area (TPSA) is 568 Å². The molecule has 0 aliphatic carbocycles. The summed E-state index contributed by atoms with van der Waals surface area (Å²) in [7, 11) is 0. The van der Waals surface area contributed by atoms with Crippen LogP contribution in [-0.4, -0.2) is 385 Å². The number of aliphatic hydroxyl groups excluding tert-OH is 1. The van der Waals surface area contributed by atoms with Gasteiger partial charge >= 0.3 is 35.8 Å². The molecule has 15 unspecified atom stereocenters. The van der Waals surface area contributed by atoms with Gasteiger partial charge < -0.3 is 157 Å². The molecule has 0 radical (unpaired) electrons. The summed E-state index contributed by atoms with van der Waals surface area (Å²) in [6.07, 6.45) is -10.6. The number of hydrogen-bond donors (Lipinski definition) is 9. The molecule has 8 amide bonds. The number of carbonyl (C=O) groups is 14. The third-order valence-corrected chi connectivity index (χ3v) is 18.7. The first kappa shape index (κ1) is 112. The fraction of sp³-hybridized carbons (Fsp3) is 0.825. The highest BCUT2D eigenvalue weighted by molar-refractivity contribution is 5.90. The highest BCUT2D eigenvalue weighted by Gasteiger charge is 2.50. The van der Waals surface area contributed by atoms with Crippen molar-refractivity contribution in [3.63, 3.8) is 0 Å². The van der Waals surface area contributed by atoms with E-state index >= 15 is 0 Å². The van der Waals surface area contributed by atoms with Crippen molar-refractivity contribution in [1.29, 1.82) is 0 Å². The summed E-state index contributed by atoms with van der Waals surface area (Å²) < 4.78 is 129. The summed E-state index contributed by atoms with van der Waals surface area (Å²) in [6, 6.07) is -5.20. The Morgan fingerprint density at radius 1 is 0.302 bits per heavy atom. The minimum Gasteiger partial charge on any atom is -0.463 e. The maximum atomic E-state index is 14.1. The molecule has 126 heavy (non-hydrogen) atoms. The summed E-state index contributed by atoms with van der Waals surface area (Å²) in [5, 5.41) is 30.4. The number of amides is 8. The Balaban J connectivity index is 1.69. The Bertz CT molecular complexity index is 3200. The van der Waals surface area contributed by atoms with Gasteiger partial charge in [0.2, 0.25) is 47.3 Å². The number of hydrogen-bond acceptors (Lipinski definition) is 38. The lowest BCUT2D eigenvalue weighted by Crippen LogP contribution is -2.62. The maximum Gasteiger partial charge on any atom is 0.303 e. The van der Waals surface area contributed by atoms with Gasteiger partial charge in [0.05, 0.1) is 190 Å². The highest BCUT2D eigenvalue weighted by Crippen LogP contribution is 2.33. The molecular weight excluding hydrogens is 1680 g/mol. The van der Waals surface area contributed by atoms with Crippen LogP contribution in [0.4, 0.5) is 0 Å². The van der Waals surface area contributed by atoms with Crippen molar-refractivity contribution in [1.82, 2.24) is 42.5 Å². The molecule has 3 rings (SSSR count). The second kappa shape index (κ2) is 67.1. The van der Waals surface area contributed by atoms with Crippen molar-refractivity contribution in [2.45, 2.75) is 201 Å². The lowest BCUT2D eigenvalue weighted by Gasteiger charge is -2.44. The Labute approximate surface area is 734 Å². The quantitative estimate of drug-likeness (QED) is 0.0162. The van der Waals surface area contributed by atoms with Crippen molar-refractivity contribution in [3.05, 3.63) is 0 Å². The number of rotatable bonds is 69. The summed E-state index contributed by atoms with van der Waals surface area (Å²) in [5.74, 6) is -10.2. The lowest BCUT2D eigenvalue weighted by molar-refractivity contribution is -0.264. The molecule has 3 aliphatic rings. The van der Waals surface area contributed by atoms with Crippen molar-refractivity contribution >= 4 is 83.1 Å². The van der Waals surface area contributed by atoms with Crippen LogP contribution in [0.3, 0.4) is 0 Å². The van der Waals surface area contributed by atoms with Crippen LogP contribution in [0.5, 0.6) is 0 Å². The van der Waals surface area contributed by atoms with E-state index in [1.165, 1.54) is 62.3 Å². The van der Waals surface area contributed by atoms with Crippen LogP contribution in [-0.2, 0) is 176 Å². The number of carbonyl (C=O) groups excluding carboxylic acids is 14. The summed E-state index contributed by atoms with van der Waals surface area (Å²) in [5.41, 5.74) is 0. The van der Waals surface area contributed by atoms with Crippen LogP contribution in [0.25, 0.3) is 0 Å². The third kappa shape index (κ3) is 50.6. The average Bonchev–Trinajstić information content (AvgIpc) is 0.806. The third-order valence-electron chi connectivity index (χ3n) is 18.7. The first-order chi connectivity index (χ1) is 60.3. The molecule has 724 valence electrons. The van der Waals surface area contributed by atoms with Crippen LogP contribution < -0.4 is 42.5 Å². The standard InChI is InChI=1S/C80H136N8O38/c1-50-70(84-53(4)90)78(124-64(47-118-56(7)93)73(50)121-59(10)96)115-44-41-105-23-18-81-67(99)15-13-62(76(102)82-19-24-106-42-45-116-79-71(85-54(5)91)51(2)74(122-60(11)97)65(125-79)48-119-57(8)94)87-68(100)16-14-63(77(103)83-20-25-107-43-46-117-80-72(86-55(6)92)52(3)75(123-61(12)98)66(126-80)49-120-58(9)95)88-69(101)17-22-104-27-29-109-31-33-111-35-37-113-39-40-114-38-36-112-34-32-110-30-28-108-26-21-89/h50-52,62-66,70-75,78-80,89H,13-49H2,1-12H3,(H,81,99)(H,82,102)(H,83,103)(H,84,90)(H,85,91)(H,86,92)(H,87,100)(H,88,101)/t50?,51?,52?,62-,63-,64?,65?,66?,70?,71?,72?,73?,74?,75?,78?,79?,80?/m0/s1. The smallest absolute Gasteiger partial charge is 0.303 e. The average molecular weight is 1820 g/mol. The molecule has 0 bridgehead atoms. The first-order valence-electron chi connectivity index (χ1n) is 42.2. The zero-order chi connectivity index (χ0) is 93.0. The minimum atomic E-state index is -1.38. The van der Waals surface area contributed by atoms with Gasteiger partial charge in [0.25, 0.3) is 0 Å². The predicted molar refractivity (Wildman–Crippen MR) is 433 cm³/mol. The van der Waals surface area contributed by atoms with E-state index in [2.05, 4.69) is 42.5 Å². The molecular formula is C80H136N8O38. The van der Waals surface area contributed by atoms with E-state index < -0.39 is 193 Å². The Kier molecular flexibility index (Phi) is 59.7. The van der Waals surface area contributed by atoms with E-state index in [0.717, 1.165) is 0 Å². The van der Waals surface area contributed by atoms with E-state index in [4.69, 9.17) is 114 Å². The Morgan fingerprint density at radius 2 is 0.556 bits per heavy atom. The molecule has 9 N–H and O–H groups in total. The SMILES string of the molecule is CC(=O)NC1C(OCCOCCNC(=O)CC[C@H](NC(=O)CC[C@H](NC(=O)CCOCCOCCOCCOCCOCCOCCOCCOCCO)C(=O)NCCOCCOC2OC(COC(C)=O)C(OC(C)=O)C(C)C2NC(C)=O)C(=O)NCCOCCOC2OC(COC(C)=O)C(OC(C)=O)C(C)C2NC(C)=O)OC(COC(C)=O)C(OC(C)=O)C1C. The van der Waals surface area contributed by atoms with Gasteiger partial charge in [-0.1, -0.05) is 20.8 Å². The van der Waals surface area contributed by atoms with Gasteiger partial charge in [0, 0.05) is 119 Å². The number of esters is 6. The normalized spacial score (nSPS) is 22.6. The van der Waals surface area contributed by atoms with Crippen molar-refractivity contribution in [2.75, 3.05) is 211 Å². The summed E-state index contributed by atoms with van der Waals surface area (Å²) in [6.45, 7) is 19.0. The zero-order valence-electron chi connectivity index (χ0n) is 74.5. The van der Waals surface area contributed by atoms with Gasteiger partial charge in [0.15, 0.2) is 18.9 Å². The number of aliphatic hydroxyl groups is 1. The van der Waals surface area contributed by atoms with E-state index in [1.807, 2.05) is 0 Å². The highest BCUT2D eigenvalue weighted by atomic mass is 16.7. The molecule has 0 aromatic carbocycles. The van der Waals surface area contributed by atoms with Gasteiger partial charge in [-0.25, -0.2) is 0 Å². The zero-order valence-corrected chi connectivity index (χ0v) is 74.5. The second-order valence-corrected chi connectivity index (χ2v) is 29.1. The Morgan fingerprint density at radius 3 is 0.833 bits per heavy atom. The molecule has 46 nitrogen and oxygen atoms in total. The molecule has 3 aliphatic heterocycles. The molecule has 46 heteroatoms. The molecule has 17 atom stereocenters. The molecule has 0 saturated carbocycles. The van der Waals surface area contributed by atoms with Gasteiger partial charge in [-0.15, -0.1) is 0 Å². The van der Waals surface area contributed by atoms with Crippen molar-refractivity contribution in [2.24, 2.45) is 17.8 Å². The fourth-order valence-corrected chi connectivity index (χ4v) is 12.8. The van der Waals surface area contributed by atoms with Crippen molar-refractivity contribution < 1.29 is 181 Å². The fourth-order valence-electron chi connectivity index (χ4n) is 12.8. The van der Waals surface area contributed by atoms with Crippen LogP contribution in [0.1, 0.15) is 115 Å². The molecule has 3 saturated heterocycles. The van der Waals surface area contributed by atoms with Gasteiger partial charge in [-0.2, -0.15) is 0 Å². The van der Waals surface area contributed by atoms with Gasteiger partial charge in [-0.3, -0.25) is 67.1 Å². The molecule has 0 aromatic heterocycles.